The number of hydrogen-bond acceptors (Lipinski definition) is 5. The van der Waals surface area contributed by atoms with Crippen molar-refractivity contribution in [3.8, 4) is 0 Å². The van der Waals surface area contributed by atoms with Gasteiger partial charge in [0, 0.05) is 12.7 Å². The summed E-state index contributed by atoms with van der Waals surface area (Å²) >= 11 is 1.37. The highest BCUT2D eigenvalue weighted by molar-refractivity contribution is 7.05. The first-order valence-corrected chi connectivity index (χ1v) is 4.49. The Morgan fingerprint density at radius 3 is 3.08 bits per heavy atom. The second-order valence-electron chi connectivity index (χ2n) is 2.23. The van der Waals surface area contributed by atoms with E-state index in [0.29, 0.717) is 13.2 Å². The van der Waals surface area contributed by atoms with Crippen LogP contribution in [-0.4, -0.2) is 29.2 Å². The molecule has 1 rings (SSSR count). The van der Waals surface area contributed by atoms with Crippen molar-refractivity contribution >= 4 is 11.5 Å². The number of nitrogens with two attached hydrogens (primary N) is 1. The van der Waals surface area contributed by atoms with Gasteiger partial charge in [-0.2, -0.15) is 0 Å². The molecule has 4 nitrogen and oxygen atoms in total. The summed E-state index contributed by atoms with van der Waals surface area (Å²) in [6.45, 7) is 0.761. The first-order chi connectivity index (χ1) is 5.88. The van der Waals surface area contributed by atoms with Crippen molar-refractivity contribution in [3.05, 3.63) is 17.1 Å². The summed E-state index contributed by atoms with van der Waals surface area (Å²) in [6, 6.07) is 1.87. The minimum Gasteiger partial charge on any atom is -0.394 e. The largest absolute Gasteiger partial charge is 0.394 e. The third-order valence-electron chi connectivity index (χ3n) is 1.40. The standard InChI is InChI=1S/C7H12N2O2S/c8-5-6(11-4-3-10)7-1-2-9-12-7/h1-2,6,10H,3-5,8H2. The molecule has 0 aliphatic rings. The summed E-state index contributed by atoms with van der Waals surface area (Å²) in [5.41, 5.74) is 5.48. The fourth-order valence-electron chi connectivity index (χ4n) is 0.853. The topological polar surface area (TPSA) is 68.4 Å². The van der Waals surface area contributed by atoms with Crippen LogP contribution in [0.1, 0.15) is 11.0 Å². The predicted octanol–water partition coefficient (Wildman–Crippen LogP) is 0.152. The highest BCUT2D eigenvalue weighted by Gasteiger charge is 2.10. The van der Waals surface area contributed by atoms with Gasteiger partial charge in [0.05, 0.1) is 18.1 Å². The monoisotopic (exact) mass is 188 g/mol. The van der Waals surface area contributed by atoms with E-state index in [-0.39, 0.29) is 12.7 Å². The van der Waals surface area contributed by atoms with E-state index < -0.39 is 0 Å². The number of hydrogen-bond donors (Lipinski definition) is 2. The molecule has 1 atom stereocenters. The molecule has 68 valence electrons. The Labute approximate surface area is 75.1 Å². The molecule has 3 N–H and O–H groups in total. The quantitative estimate of drug-likeness (QED) is 0.690. The molecule has 12 heavy (non-hydrogen) atoms. The lowest BCUT2D eigenvalue weighted by atomic mass is 10.3. The van der Waals surface area contributed by atoms with Crippen LogP contribution in [0.5, 0.6) is 0 Å². The molecular formula is C7H12N2O2S. The van der Waals surface area contributed by atoms with Crippen molar-refractivity contribution in [2.45, 2.75) is 6.10 Å². The van der Waals surface area contributed by atoms with Crippen molar-refractivity contribution < 1.29 is 9.84 Å². The Kier molecular flexibility index (Phi) is 4.16. The molecule has 0 bridgehead atoms. The first-order valence-electron chi connectivity index (χ1n) is 3.71. The Balaban J connectivity index is 2.45. The molecule has 0 amide bonds. The smallest absolute Gasteiger partial charge is 0.106 e. The Morgan fingerprint density at radius 1 is 1.75 bits per heavy atom. The van der Waals surface area contributed by atoms with Crippen LogP contribution in [0.3, 0.4) is 0 Å². The van der Waals surface area contributed by atoms with Crippen molar-refractivity contribution in [2.24, 2.45) is 5.73 Å². The average Bonchev–Trinajstić information content (AvgIpc) is 2.59. The number of aliphatic hydroxyl groups is 1. The minimum atomic E-state index is -0.121. The van der Waals surface area contributed by atoms with Crippen LogP contribution in [-0.2, 0) is 4.74 Å². The van der Waals surface area contributed by atoms with Crippen molar-refractivity contribution in [3.63, 3.8) is 0 Å². The molecule has 0 fully saturated rings. The summed E-state index contributed by atoms with van der Waals surface area (Å²) in [5, 5.41) is 8.53. The van der Waals surface area contributed by atoms with Gasteiger partial charge in [0.25, 0.3) is 0 Å². The molecule has 1 aromatic heterocycles. The molecule has 0 spiro atoms. The molecule has 1 heterocycles. The van der Waals surface area contributed by atoms with E-state index in [9.17, 15) is 0 Å². The molecule has 0 saturated carbocycles. The highest BCUT2D eigenvalue weighted by atomic mass is 32.1. The zero-order valence-electron chi connectivity index (χ0n) is 6.64. The number of ether oxygens (including phenoxy) is 1. The van der Waals surface area contributed by atoms with Crippen LogP contribution in [0.4, 0.5) is 0 Å². The second kappa shape index (κ2) is 5.21. The first kappa shape index (κ1) is 9.60. The Bertz CT molecular complexity index is 203. The molecule has 0 radical (unpaired) electrons. The lowest BCUT2D eigenvalue weighted by molar-refractivity contribution is 0.0348. The molecule has 0 saturated heterocycles. The lowest BCUT2D eigenvalue weighted by Gasteiger charge is -2.12. The van der Waals surface area contributed by atoms with Crippen LogP contribution in [0.2, 0.25) is 0 Å². The van der Waals surface area contributed by atoms with Gasteiger partial charge in [0.1, 0.15) is 6.10 Å². The minimum absolute atomic E-state index is 0.0231. The molecule has 1 aromatic rings. The van der Waals surface area contributed by atoms with Crippen LogP contribution in [0, 0.1) is 0 Å². The zero-order valence-corrected chi connectivity index (χ0v) is 7.46. The van der Waals surface area contributed by atoms with Gasteiger partial charge in [-0.05, 0) is 17.6 Å². The summed E-state index contributed by atoms with van der Waals surface area (Å²) in [7, 11) is 0. The third-order valence-corrected chi connectivity index (χ3v) is 2.24. The molecule has 1 unspecified atom stereocenters. The SMILES string of the molecule is NCC(OCCO)c1ccns1. The summed E-state index contributed by atoms with van der Waals surface area (Å²) in [6.07, 6.45) is 1.59. The van der Waals surface area contributed by atoms with E-state index in [1.54, 1.807) is 6.20 Å². The molecule has 0 aromatic carbocycles. The summed E-state index contributed by atoms with van der Waals surface area (Å²) < 4.78 is 9.22. The van der Waals surface area contributed by atoms with Crippen molar-refractivity contribution in [1.82, 2.24) is 4.37 Å². The van der Waals surface area contributed by atoms with E-state index in [4.69, 9.17) is 15.6 Å². The van der Waals surface area contributed by atoms with Gasteiger partial charge in [-0.3, -0.25) is 0 Å². The maximum atomic E-state index is 8.53. The highest BCUT2D eigenvalue weighted by Crippen LogP contribution is 2.18. The van der Waals surface area contributed by atoms with Gasteiger partial charge in [-0.25, -0.2) is 4.37 Å². The number of rotatable bonds is 5. The van der Waals surface area contributed by atoms with Gasteiger partial charge in [-0.15, -0.1) is 0 Å². The number of aliphatic hydroxyl groups excluding tert-OH is 1. The lowest BCUT2D eigenvalue weighted by Crippen LogP contribution is -2.16. The second-order valence-corrected chi connectivity index (χ2v) is 3.10. The van der Waals surface area contributed by atoms with Gasteiger partial charge in [0.2, 0.25) is 0 Å². The maximum Gasteiger partial charge on any atom is 0.106 e. The van der Waals surface area contributed by atoms with E-state index in [2.05, 4.69) is 4.37 Å². The van der Waals surface area contributed by atoms with Gasteiger partial charge in [-0.1, -0.05) is 0 Å². The van der Waals surface area contributed by atoms with E-state index in [1.165, 1.54) is 11.5 Å². The molecule has 0 aliphatic carbocycles. The van der Waals surface area contributed by atoms with E-state index in [1.807, 2.05) is 6.07 Å². The van der Waals surface area contributed by atoms with Crippen molar-refractivity contribution in [2.75, 3.05) is 19.8 Å². The van der Waals surface area contributed by atoms with Gasteiger partial charge >= 0.3 is 0 Å². The van der Waals surface area contributed by atoms with Gasteiger partial charge in [0.15, 0.2) is 0 Å². The fourth-order valence-corrected chi connectivity index (χ4v) is 1.50. The fraction of sp³-hybridized carbons (Fsp3) is 0.571. The predicted molar refractivity (Wildman–Crippen MR) is 46.9 cm³/mol. The maximum absolute atomic E-state index is 8.53. The van der Waals surface area contributed by atoms with E-state index >= 15 is 0 Å². The number of aromatic nitrogens is 1. The normalized spacial score (nSPS) is 13.2. The Morgan fingerprint density at radius 2 is 2.58 bits per heavy atom. The van der Waals surface area contributed by atoms with E-state index in [0.717, 1.165) is 4.88 Å². The van der Waals surface area contributed by atoms with Crippen LogP contribution in [0.25, 0.3) is 0 Å². The van der Waals surface area contributed by atoms with Crippen LogP contribution < -0.4 is 5.73 Å². The summed E-state index contributed by atoms with van der Waals surface area (Å²) in [5.74, 6) is 0. The van der Waals surface area contributed by atoms with Crippen molar-refractivity contribution in [1.29, 1.82) is 0 Å². The average molecular weight is 188 g/mol. The van der Waals surface area contributed by atoms with Crippen LogP contribution in [0.15, 0.2) is 12.3 Å². The van der Waals surface area contributed by atoms with Crippen LogP contribution >= 0.6 is 11.5 Å². The Hall–Kier alpha value is -0.490. The molecule has 5 heteroatoms. The molecule has 0 aliphatic heterocycles. The third kappa shape index (κ3) is 2.53. The number of nitrogens with zero attached hydrogens (tertiary/aromatic N) is 1. The van der Waals surface area contributed by atoms with Gasteiger partial charge < -0.3 is 15.6 Å². The molecular weight excluding hydrogens is 176 g/mol. The summed E-state index contributed by atoms with van der Waals surface area (Å²) in [4.78, 5) is 1.01. The zero-order chi connectivity index (χ0) is 8.81.